The first-order valence-corrected chi connectivity index (χ1v) is 8.89. The molecule has 4 nitrogen and oxygen atoms in total. The van der Waals surface area contributed by atoms with E-state index in [1.54, 1.807) is 16.7 Å². The molecule has 0 aromatic heterocycles. The number of thioether (sulfide) groups is 1. The highest BCUT2D eigenvalue weighted by atomic mass is 35.5. The Morgan fingerprint density at radius 2 is 2.32 bits per heavy atom. The van der Waals surface area contributed by atoms with Gasteiger partial charge < -0.3 is 15.3 Å². The fourth-order valence-corrected chi connectivity index (χ4v) is 3.76. The Hall–Kier alpha value is -0.910. The number of nitrogens with zero attached hydrogens (tertiary/aromatic N) is 1. The number of nitrogens with one attached hydrogen (secondary N) is 1. The molecule has 0 bridgehead atoms. The van der Waals surface area contributed by atoms with Crippen molar-refractivity contribution in [3.05, 3.63) is 23.2 Å². The van der Waals surface area contributed by atoms with Gasteiger partial charge in [-0.25, -0.2) is 4.79 Å². The van der Waals surface area contributed by atoms with Crippen LogP contribution in [0, 0.1) is 5.92 Å². The molecule has 0 radical (unpaired) electrons. The molecule has 2 N–H and O–H groups in total. The first-order valence-electron chi connectivity index (χ1n) is 7.63. The molecule has 1 saturated heterocycles. The van der Waals surface area contributed by atoms with Crippen LogP contribution in [0.2, 0.25) is 5.02 Å². The Bertz CT molecular complexity index is 525. The minimum atomic E-state index is -0.119. The van der Waals surface area contributed by atoms with E-state index in [-0.39, 0.29) is 18.6 Å². The zero-order valence-electron chi connectivity index (χ0n) is 13.0. The molecule has 0 unspecified atom stereocenters. The van der Waals surface area contributed by atoms with Gasteiger partial charge in [-0.3, -0.25) is 0 Å². The predicted octanol–water partition coefficient (Wildman–Crippen LogP) is 4.08. The van der Waals surface area contributed by atoms with Gasteiger partial charge in [-0.1, -0.05) is 31.5 Å². The summed E-state index contributed by atoms with van der Waals surface area (Å²) < 4.78 is 0. The summed E-state index contributed by atoms with van der Waals surface area (Å²) >= 11 is 7.91. The van der Waals surface area contributed by atoms with Gasteiger partial charge in [0, 0.05) is 29.8 Å². The smallest absolute Gasteiger partial charge is 0.321 e. The number of aliphatic hydroxyl groups excluding tert-OH is 1. The van der Waals surface area contributed by atoms with Gasteiger partial charge in [-0.2, -0.15) is 0 Å². The minimum absolute atomic E-state index is 0.119. The molecular weight excluding hydrogens is 320 g/mol. The molecule has 122 valence electrons. The van der Waals surface area contributed by atoms with Crippen LogP contribution >= 0.6 is 23.4 Å². The lowest BCUT2D eigenvalue weighted by molar-refractivity contribution is 0.136. The highest BCUT2D eigenvalue weighted by Gasteiger charge is 2.24. The Morgan fingerprint density at radius 1 is 1.55 bits per heavy atom. The summed E-state index contributed by atoms with van der Waals surface area (Å²) in [5.74, 6) is 0.184. The van der Waals surface area contributed by atoms with Gasteiger partial charge in [-0.05, 0) is 30.9 Å². The Labute approximate surface area is 141 Å². The molecule has 1 aliphatic heterocycles. The van der Waals surface area contributed by atoms with Crippen LogP contribution in [-0.2, 0) is 0 Å². The van der Waals surface area contributed by atoms with E-state index in [0.29, 0.717) is 16.8 Å². The van der Waals surface area contributed by atoms with Crippen molar-refractivity contribution in [3.8, 4) is 0 Å². The van der Waals surface area contributed by atoms with E-state index in [4.69, 9.17) is 11.6 Å². The van der Waals surface area contributed by atoms with Gasteiger partial charge in [0.25, 0.3) is 0 Å². The van der Waals surface area contributed by atoms with Gasteiger partial charge in [0.2, 0.25) is 0 Å². The molecule has 1 aromatic carbocycles. The maximum Gasteiger partial charge on any atom is 0.321 e. The molecular formula is C16H23ClN2O2S. The van der Waals surface area contributed by atoms with Crippen molar-refractivity contribution in [1.82, 2.24) is 4.90 Å². The van der Waals surface area contributed by atoms with E-state index in [1.807, 2.05) is 18.2 Å². The fourth-order valence-electron chi connectivity index (χ4n) is 2.56. The van der Waals surface area contributed by atoms with E-state index >= 15 is 0 Å². The molecule has 0 aliphatic carbocycles. The van der Waals surface area contributed by atoms with Gasteiger partial charge in [0.05, 0.1) is 10.7 Å². The summed E-state index contributed by atoms with van der Waals surface area (Å²) in [4.78, 5) is 15.1. The Morgan fingerprint density at radius 3 is 3.00 bits per heavy atom. The second-order valence-electron chi connectivity index (χ2n) is 5.85. The molecule has 0 saturated carbocycles. The van der Waals surface area contributed by atoms with Gasteiger partial charge >= 0.3 is 6.03 Å². The predicted molar refractivity (Wildman–Crippen MR) is 92.8 cm³/mol. The van der Waals surface area contributed by atoms with Crippen molar-refractivity contribution in [2.45, 2.75) is 36.8 Å². The van der Waals surface area contributed by atoms with Crippen LogP contribution in [0.1, 0.15) is 26.7 Å². The number of hydrogen-bond acceptors (Lipinski definition) is 3. The fraction of sp³-hybridized carbons (Fsp3) is 0.562. The summed E-state index contributed by atoms with van der Waals surface area (Å²) in [6.45, 7) is 5.66. The van der Waals surface area contributed by atoms with E-state index in [2.05, 4.69) is 19.2 Å². The zero-order valence-corrected chi connectivity index (χ0v) is 14.6. The molecule has 1 heterocycles. The third-order valence-corrected chi connectivity index (χ3v) is 5.20. The Balaban J connectivity index is 2.09. The van der Waals surface area contributed by atoms with Crippen LogP contribution in [-0.4, -0.2) is 41.0 Å². The SMILES string of the molecule is CC(C)Sc1c(Cl)cccc1NC(=O)N1CCC[C@@H](CO)C1. The third kappa shape index (κ3) is 4.54. The van der Waals surface area contributed by atoms with Gasteiger partial charge in [0.1, 0.15) is 0 Å². The standard InChI is InChI=1S/C16H23ClN2O2S/c1-11(2)22-15-13(17)6-3-7-14(15)18-16(21)19-8-4-5-12(9-19)10-20/h3,6-7,11-12,20H,4-5,8-10H2,1-2H3,(H,18,21)/t12-/m1/s1. The summed E-state index contributed by atoms with van der Waals surface area (Å²) in [5.41, 5.74) is 0.752. The van der Waals surface area contributed by atoms with Gasteiger partial charge in [-0.15, -0.1) is 11.8 Å². The largest absolute Gasteiger partial charge is 0.396 e. The quantitative estimate of drug-likeness (QED) is 0.811. The number of rotatable bonds is 4. The van der Waals surface area contributed by atoms with Crippen molar-refractivity contribution in [3.63, 3.8) is 0 Å². The maximum absolute atomic E-state index is 12.5. The molecule has 22 heavy (non-hydrogen) atoms. The average molecular weight is 343 g/mol. The number of carbonyl (C=O) groups excluding carboxylic acids is 1. The molecule has 6 heteroatoms. The van der Waals surface area contributed by atoms with Crippen molar-refractivity contribution in [2.75, 3.05) is 25.0 Å². The number of anilines is 1. The summed E-state index contributed by atoms with van der Waals surface area (Å²) in [6, 6.07) is 5.44. The van der Waals surface area contributed by atoms with E-state index < -0.39 is 0 Å². The first-order chi connectivity index (χ1) is 10.5. The van der Waals surface area contributed by atoms with Crippen LogP contribution in [0.3, 0.4) is 0 Å². The van der Waals surface area contributed by atoms with E-state index in [0.717, 1.165) is 30.0 Å². The van der Waals surface area contributed by atoms with E-state index in [9.17, 15) is 9.90 Å². The molecule has 0 spiro atoms. The highest BCUT2D eigenvalue weighted by Crippen LogP contribution is 2.36. The highest BCUT2D eigenvalue weighted by molar-refractivity contribution is 8.00. The van der Waals surface area contributed by atoms with E-state index in [1.165, 1.54) is 0 Å². The molecule has 2 amide bonds. The normalized spacial score (nSPS) is 18.6. The molecule has 1 fully saturated rings. The van der Waals surface area contributed by atoms with Crippen LogP contribution < -0.4 is 5.32 Å². The van der Waals surface area contributed by atoms with Crippen molar-refractivity contribution < 1.29 is 9.90 Å². The number of halogens is 1. The summed E-state index contributed by atoms with van der Waals surface area (Å²) in [6.07, 6.45) is 1.91. The van der Waals surface area contributed by atoms with Crippen molar-refractivity contribution >= 4 is 35.1 Å². The number of amides is 2. The lowest BCUT2D eigenvalue weighted by Crippen LogP contribution is -2.43. The molecule has 1 atom stereocenters. The number of likely N-dealkylation sites (tertiary alicyclic amines) is 1. The number of piperidine rings is 1. The molecule has 2 rings (SSSR count). The van der Waals surface area contributed by atoms with Crippen molar-refractivity contribution in [2.24, 2.45) is 5.92 Å². The average Bonchev–Trinajstić information content (AvgIpc) is 2.50. The second-order valence-corrected chi connectivity index (χ2v) is 7.84. The number of hydrogen-bond donors (Lipinski definition) is 2. The minimum Gasteiger partial charge on any atom is -0.396 e. The van der Waals surface area contributed by atoms with Gasteiger partial charge in [0.15, 0.2) is 0 Å². The zero-order chi connectivity index (χ0) is 16.1. The van der Waals surface area contributed by atoms with Crippen LogP contribution in [0.25, 0.3) is 0 Å². The summed E-state index contributed by atoms with van der Waals surface area (Å²) in [5, 5.41) is 13.3. The summed E-state index contributed by atoms with van der Waals surface area (Å²) in [7, 11) is 0. The van der Waals surface area contributed by atoms with Crippen LogP contribution in [0.5, 0.6) is 0 Å². The third-order valence-electron chi connectivity index (χ3n) is 3.63. The number of urea groups is 1. The molecule has 1 aromatic rings. The number of aliphatic hydroxyl groups is 1. The number of benzene rings is 1. The lowest BCUT2D eigenvalue weighted by Gasteiger charge is -2.32. The van der Waals surface area contributed by atoms with Crippen molar-refractivity contribution in [1.29, 1.82) is 0 Å². The van der Waals surface area contributed by atoms with Crippen LogP contribution in [0.15, 0.2) is 23.1 Å². The second kappa shape index (κ2) is 8.09. The lowest BCUT2D eigenvalue weighted by atomic mass is 9.99. The molecule has 1 aliphatic rings. The Kier molecular flexibility index (Phi) is 6.41. The van der Waals surface area contributed by atoms with Crippen LogP contribution in [0.4, 0.5) is 10.5 Å². The monoisotopic (exact) mass is 342 g/mol. The number of carbonyl (C=O) groups is 1. The first kappa shape index (κ1) is 17.4. The maximum atomic E-state index is 12.5. The topological polar surface area (TPSA) is 52.6 Å².